The van der Waals surface area contributed by atoms with Gasteiger partial charge in [-0.15, -0.1) is 0 Å². The summed E-state index contributed by atoms with van der Waals surface area (Å²) in [5, 5.41) is 15.3. The molecule has 2 aromatic carbocycles. The zero-order valence-corrected chi connectivity index (χ0v) is 15.7. The molecule has 3 rings (SSSR count). The summed E-state index contributed by atoms with van der Waals surface area (Å²) in [6.07, 6.45) is 0. The highest BCUT2D eigenvalue weighted by atomic mass is 35.5. The number of amides is 3. The highest BCUT2D eigenvalue weighted by molar-refractivity contribution is 6.38. The van der Waals surface area contributed by atoms with E-state index in [0.29, 0.717) is 11.1 Å². The minimum atomic E-state index is -0.576. The van der Waals surface area contributed by atoms with Crippen molar-refractivity contribution in [2.24, 2.45) is 0 Å². The average molecular weight is 408 g/mol. The van der Waals surface area contributed by atoms with E-state index in [1.807, 2.05) is 0 Å². The molecule has 7 nitrogen and oxygen atoms in total. The molecule has 0 bridgehead atoms. The van der Waals surface area contributed by atoms with Crippen molar-refractivity contribution in [1.29, 1.82) is 0 Å². The highest BCUT2D eigenvalue weighted by Crippen LogP contribution is 2.39. The molecule has 2 aromatic rings. The van der Waals surface area contributed by atoms with Crippen molar-refractivity contribution >= 4 is 46.6 Å². The summed E-state index contributed by atoms with van der Waals surface area (Å²) >= 11 is 11.9. The minimum Gasteiger partial charge on any atom is -0.504 e. The number of halogens is 2. The van der Waals surface area contributed by atoms with Gasteiger partial charge in [0.25, 0.3) is 17.7 Å². The fraction of sp³-hybridized carbons (Fsp3) is 0.167. The van der Waals surface area contributed by atoms with Gasteiger partial charge in [-0.25, -0.2) is 0 Å². The standard InChI is InChI=1S/C18H15Cl2N3O4/c1-21-14-13(11(19)8-12(20)15(14)24)16(25)22-6-7-23-17(26)9-4-2-3-5-10(9)18(23)27/h2-5,8,21,24H,6-7H2,1H3,(H,22,25). The second-order valence-corrected chi connectivity index (χ2v) is 6.57. The molecule has 0 aromatic heterocycles. The third-order valence-corrected chi connectivity index (χ3v) is 4.77. The maximum atomic E-state index is 12.5. The normalized spacial score (nSPS) is 12.9. The lowest BCUT2D eigenvalue weighted by molar-refractivity contribution is 0.0650. The molecule has 0 saturated heterocycles. The first-order valence-corrected chi connectivity index (χ1v) is 8.74. The summed E-state index contributed by atoms with van der Waals surface area (Å²) in [6, 6.07) is 7.80. The van der Waals surface area contributed by atoms with E-state index < -0.39 is 17.7 Å². The Hall–Kier alpha value is -2.77. The summed E-state index contributed by atoms with van der Waals surface area (Å²) in [5.41, 5.74) is 0.795. The van der Waals surface area contributed by atoms with E-state index in [4.69, 9.17) is 23.2 Å². The van der Waals surface area contributed by atoms with Crippen molar-refractivity contribution in [1.82, 2.24) is 10.2 Å². The lowest BCUT2D eigenvalue weighted by Gasteiger charge is -2.16. The fourth-order valence-corrected chi connectivity index (χ4v) is 3.44. The second-order valence-electron chi connectivity index (χ2n) is 5.75. The molecule has 0 unspecified atom stereocenters. The van der Waals surface area contributed by atoms with Crippen LogP contribution >= 0.6 is 23.2 Å². The number of phenolic OH excluding ortho intramolecular Hbond substituents is 1. The van der Waals surface area contributed by atoms with Crippen LogP contribution in [0, 0.1) is 0 Å². The lowest BCUT2D eigenvalue weighted by Crippen LogP contribution is -2.38. The van der Waals surface area contributed by atoms with Crippen LogP contribution in [0.2, 0.25) is 10.0 Å². The van der Waals surface area contributed by atoms with Crippen molar-refractivity contribution < 1.29 is 19.5 Å². The first-order chi connectivity index (χ1) is 12.9. The Morgan fingerprint density at radius 1 is 1.11 bits per heavy atom. The van der Waals surface area contributed by atoms with E-state index in [9.17, 15) is 19.5 Å². The maximum absolute atomic E-state index is 12.5. The number of hydrogen-bond donors (Lipinski definition) is 3. The van der Waals surface area contributed by atoms with Gasteiger partial charge in [0.15, 0.2) is 5.75 Å². The van der Waals surface area contributed by atoms with Gasteiger partial charge in [-0.05, 0) is 18.2 Å². The van der Waals surface area contributed by atoms with Crippen LogP contribution in [0.25, 0.3) is 0 Å². The van der Waals surface area contributed by atoms with Crippen LogP contribution < -0.4 is 10.6 Å². The van der Waals surface area contributed by atoms with Crippen molar-refractivity contribution in [3.8, 4) is 5.75 Å². The summed E-state index contributed by atoms with van der Waals surface area (Å²) < 4.78 is 0. The molecule has 3 amide bonds. The Bertz CT molecular complexity index is 927. The van der Waals surface area contributed by atoms with Crippen LogP contribution in [0.3, 0.4) is 0 Å². The predicted octanol–water partition coefficient (Wildman–Crippen LogP) is 2.77. The number of rotatable bonds is 5. The Morgan fingerprint density at radius 3 is 2.26 bits per heavy atom. The number of carbonyl (C=O) groups excluding carboxylic acids is 3. The van der Waals surface area contributed by atoms with Gasteiger partial charge in [0, 0.05) is 20.1 Å². The van der Waals surface area contributed by atoms with Gasteiger partial charge < -0.3 is 15.7 Å². The van der Waals surface area contributed by atoms with Crippen LogP contribution in [-0.4, -0.2) is 47.9 Å². The maximum Gasteiger partial charge on any atom is 0.261 e. The first-order valence-electron chi connectivity index (χ1n) is 7.99. The molecule has 1 aliphatic rings. The number of fused-ring (bicyclic) bond motifs is 1. The van der Waals surface area contributed by atoms with Gasteiger partial charge in [-0.3, -0.25) is 19.3 Å². The predicted molar refractivity (Wildman–Crippen MR) is 102 cm³/mol. The molecule has 3 N–H and O–H groups in total. The molecule has 1 aliphatic heterocycles. The Labute approximate surface area is 164 Å². The van der Waals surface area contributed by atoms with Gasteiger partial charge in [0.05, 0.1) is 32.4 Å². The van der Waals surface area contributed by atoms with Crippen molar-refractivity contribution in [2.75, 3.05) is 25.5 Å². The molecule has 0 aliphatic carbocycles. The number of phenols is 1. The van der Waals surface area contributed by atoms with E-state index >= 15 is 0 Å². The number of nitrogens with one attached hydrogen (secondary N) is 2. The van der Waals surface area contributed by atoms with E-state index in [1.165, 1.54) is 13.1 Å². The third kappa shape index (κ3) is 3.31. The molecule has 9 heteroatoms. The number of anilines is 1. The molecule has 0 saturated carbocycles. The van der Waals surface area contributed by atoms with Crippen LogP contribution in [0.4, 0.5) is 5.69 Å². The molecule has 140 valence electrons. The van der Waals surface area contributed by atoms with Gasteiger partial charge >= 0.3 is 0 Å². The molecule has 0 fully saturated rings. The van der Waals surface area contributed by atoms with E-state index in [0.717, 1.165) is 4.90 Å². The molecular weight excluding hydrogens is 393 g/mol. The van der Waals surface area contributed by atoms with Gasteiger partial charge in [0.2, 0.25) is 0 Å². The third-order valence-electron chi connectivity index (χ3n) is 4.18. The van der Waals surface area contributed by atoms with E-state index in [2.05, 4.69) is 10.6 Å². The van der Waals surface area contributed by atoms with Crippen LogP contribution in [-0.2, 0) is 0 Å². The highest BCUT2D eigenvalue weighted by Gasteiger charge is 2.34. The van der Waals surface area contributed by atoms with Crippen LogP contribution in [0.15, 0.2) is 30.3 Å². The Morgan fingerprint density at radius 2 is 1.70 bits per heavy atom. The van der Waals surface area contributed by atoms with Crippen LogP contribution in [0.1, 0.15) is 31.1 Å². The number of aromatic hydroxyl groups is 1. The number of hydrogen-bond acceptors (Lipinski definition) is 5. The monoisotopic (exact) mass is 407 g/mol. The van der Waals surface area contributed by atoms with E-state index in [-0.39, 0.29) is 40.1 Å². The smallest absolute Gasteiger partial charge is 0.261 e. The number of carbonyl (C=O) groups is 3. The van der Waals surface area contributed by atoms with E-state index in [1.54, 1.807) is 24.3 Å². The summed E-state index contributed by atoms with van der Waals surface area (Å²) in [5.74, 6) is -1.67. The minimum absolute atomic E-state index is 0.00413. The fourth-order valence-electron chi connectivity index (χ4n) is 2.89. The SMILES string of the molecule is CNc1c(O)c(Cl)cc(Cl)c1C(=O)NCCN1C(=O)c2ccccc2C1=O. The number of benzene rings is 2. The Balaban J connectivity index is 1.71. The molecule has 0 radical (unpaired) electrons. The molecule has 0 spiro atoms. The number of imide groups is 1. The zero-order chi connectivity index (χ0) is 19.7. The number of nitrogens with zero attached hydrogens (tertiary/aromatic N) is 1. The molecule has 27 heavy (non-hydrogen) atoms. The van der Waals surface area contributed by atoms with Crippen molar-refractivity contribution in [3.63, 3.8) is 0 Å². The lowest BCUT2D eigenvalue weighted by atomic mass is 10.1. The van der Waals surface area contributed by atoms with Crippen molar-refractivity contribution in [2.45, 2.75) is 0 Å². The summed E-state index contributed by atoms with van der Waals surface area (Å²) in [6.45, 7) is 0.0251. The van der Waals surface area contributed by atoms with Gasteiger partial charge in [0.1, 0.15) is 0 Å². The quantitative estimate of drug-likeness (QED) is 0.522. The Kier molecular flexibility index (Phi) is 5.25. The summed E-state index contributed by atoms with van der Waals surface area (Å²) in [7, 11) is 1.51. The summed E-state index contributed by atoms with van der Waals surface area (Å²) in [4.78, 5) is 38.2. The molecule has 1 heterocycles. The zero-order valence-electron chi connectivity index (χ0n) is 14.2. The van der Waals surface area contributed by atoms with Crippen molar-refractivity contribution in [3.05, 3.63) is 57.1 Å². The van der Waals surface area contributed by atoms with Gasteiger partial charge in [-0.2, -0.15) is 0 Å². The second kappa shape index (κ2) is 7.46. The first kappa shape index (κ1) is 19.0. The average Bonchev–Trinajstić information content (AvgIpc) is 2.89. The van der Waals surface area contributed by atoms with Crippen LogP contribution in [0.5, 0.6) is 5.75 Å². The largest absolute Gasteiger partial charge is 0.504 e. The molecule has 0 atom stereocenters. The topological polar surface area (TPSA) is 98.7 Å². The molecular formula is C18H15Cl2N3O4. The van der Waals surface area contributed by atoms with Gasteiger partial charge in [-0.1, -0.05) is 35.3 Å².